The highest BCUT2D eigenvalue weighted by molar-refractivity contribution is 5.67. The lowest BCUT2D eigenvalue weighted by molar-refractivity contribution is -0.130. The summed E-state index contributed by atoms with van der Waals surface area (Å²) in [5, 5.41) is 22.2. The van der Waals surface area contributed by atoms with Gasteiger partial charge in [-0.3, -0.25) is 4.90 Å². The minimum atomic E-state index is -0.951. The summed E-state index contributed by atoms with van der Waals surface area (Å²) in [4.78, 5) is 16.8. The number of carbonyl (C=O) groups excluding carboxylic acids is 1. The van der Waals surface area contributed by atoms with Gasteiger partial charge in [0.05, 0.1) is 5.60 Å². The van der Waals surface area contributed by atoms with Crippen molar-refractivity contribution in [3.63, 3.8) is 0 Å². The number of fused-ring (bicyclic) bond motifs is 1. The summed E-state index contributed by atoms with van der Waals surface area (Å²) in [5.41, 5.74) is 0.371. The number of amides is 1. The van der Waals surface area contributed by atoms with Gasteiger partial charge in [-0.25, -0.2) is 4.79 Å². The van der Waals surface area contributed by atoms with Gasteiger partial charge < -0.3 is 19.8 Å². The Morgan fingerprint density at radius 2 is 2.03 bits per heavy atom. The summed E-state index contributed by atoms with van der Waals surface area (Å²) < 4.78 is 5.58. The van der Waals surface area contributed by atoms with Crippen LogP contribution in [0.2, 0.25) is 0 Å². The minimum Gasteiger partial charge on any atom is -0.508 e. The van der Waals surface area contributed by atoms with Crippen LogP contribution in [0.25, 0.3) is 0 Å². The van der Waals surface area contributed by atoms with Crippen LogP contribution in [0.3, 0.4) is 0 Å². The zero-order valence-electron chi connectivity index (χ0n) is 19.3. The third-order valence-electron chi connectivity index (χ3n) is 7.53. The molecule has 2 aromatic carbocycles. The maximum absolute atomic E-state index is 12.9. The van der Waals surface area contributed by atoms with Crippen LogP contribution in [0.15, 0.2) is 67.3 Å². The fourth-order valence-corrected chi connectivity index (χ4v) is 5.68. The molecule has 0 spiro atoms. The van der Waals surface area contributed by atoms with Crippen molar-refractivity contribution in [3.05, 3.63) is 78.4 Å². The van der Waals surface area contributed by atoms with Crippen LogP contribution >= 0.6 is 0 Å². The Kier molecular flexibility index (Phi) is 6.77. The molecule has 1 aliphatic carbocycles. The maximum atomic E-state index is 12.9. The Morgan fingerprint density at radius 3 is 2.76 bits per heavy atom. The SMILES string of the molecule is C=CCN1CC[C@@]2(c3cccc(O)c3)C[C@@H](N(C)C(=O)OCc3ccccc3)CC[C@]2(O)C1. The van der Waals surface area contributed by atoms with Crippen molar-refractivity contribution in [2.45, 2.75) is 49.3 Å². The minimum absolute atomic E-state index is 0.0677. The lowest BCUT2D eigenvalue weighted by atomic mass is 9.55. The van der Waals surface area contributed by atoms with Gasteiger partial charge in [0.15, 0.2) is 0 Å². The average Bonchev–Trinajstić information content (AvgIpc) is 2.82. The van der Waals surface area contributed by atoms with Crippen molar-refractivity contribution >= 4 is 6.09 Å². The standard InChI is InChI=1S/C27H34N2O4/c1-3-15-29-16-14-26(22-10-7-11-24(30)17-22)18-23(12-13-27(26,32)20-29)28(2)25(31)33-19-21-8-5-4-6-9-21/h3-11,17,23,30,32H,1,12-16,18-20H2,2H3/t23-,26-,27-/m0/s1. The molecule has 2 aliphatic rings. The molecule has 1 saturated heterocycles. The molecule has 1 saturated carbocycles. The van der Waals surface area contributed by atoms with Gasteiger partial charge in [-0.2, -0.15) is 0 Å². The van der Waals surface area contributed by atoms with E-state index in [1.165, 1.54) is 0 Å². The third kappa shape index (κ3) is 4.63. The highest BCUT2D eigenvalue weighted by Crippen LogP contribution is 2.52. The Labute approximate surface area is 196 Å². The maximum Gasteiger partial charge on any atom is 0.410 e. The van der Waals surface area contributed by atoms with E-state index in [2.05, 4.69) is 11.5 Å². The number of hydrogen-bond acceptors (Lipinski definition) is 5. The van der Waals surface area contributed by atoms with Gasteiger partial charge in [0.25, 0.3) is 0 Å². The first-order valence-electron chi connectivity index (χ1n) is 11.7. The molecule has 0 unspecified atom stereocenters. The summed E-state index contributed by atoms with van der Waals surface area (Å²) >= 11 is 0. The molecule has 33 heavy (non-hydrogen) atoms. The molecule has 4 rings (SSSR count). The number of benzene rings is 2. The fourth-order valence-electron chi connectivity index (χ4n) is 5.68. The first-order valence-corrected chi connectivity index (χ1v) is 11.7. The van der Waals surface area contributed by atoms with E-state index in [9.17, 15) is 15.0 Å². The largest absolute Gasteiger partial charge is 0.508 e. The van der Waals surface area contributed by atoms with E-state index in [1.54, 1.807) is 24.1 Å². The van der Waals surface area contributed by atoms with E-state index in [0.717, 1.165) is 30.6 Å². The molecule has 3 atom stereocenters. The van der Waals surface area contributed by atoms with Gasteiger partial charge in [-0.15, -0.1) is 6.58 Å². The van der Waals surface area contributed by atoms with Crippen molar-refractivity contribution < 1.29 is 19.7 Å². The number of β-amino-alcohol motifs (C(OH)–C–C–N with tert-alkyl or cyclic N) is 1. The number of phenolic OH excluding ortho intramolecular Hbond substituents is 1. The number of aromatic hydroxyl groups is 1. The summed E-state index contributed by atoms with van der Waals surface area (Å²) in [6.07, 6.45) is 4.13. The lowest BCUT2D eigenvalue weighted by Gasteiger charge is -2.58. The second-order valence-electron chi connectivity index (χ2n) is 9.49. The van der Waals surface area contributed by atoms with Crippen LogP contribution in [0.5, 0.6) is 5.75 Å². The molecule has 6 heteroatoms. The number of rotatable bonds is 6. The molecule has 0 bridgehead atoms. The van der Waals surface area contributed by atoms with Crippen molar-refractivity contribution in [3.8, 4) is 5.75 Å². The van der Waals surface area contributed by atoms with Gasteiger partial charge >= 0.3 is 6.09 Å². The van der Waals surface area contributed by atoms with E-state index in [1.807, 2.05) is 48.5 Å². The van der Waals surface area contributed by atoms with E-state index < -0.39 is 11.0 Å². The number of likely N-dealkylation sites (tertiary alicyclic amines) is 1. The monoisotopic (exact) mass is 450 g/mol. The van der Waals surface area contributed by atoms with Gasteiger partial charge in [-0.1, -0.05) is 48.5 Å². The van der Waals surface area contributed by atoms with Crippen molar-refractivity contribution in [2.24, 2.45) is 0 Å². The Hall–Kier alpha value is -2.83. The zero-order chi connectivity index (χ0) is 23.5. The second kappa shape index (κ2) is 9.57. The summed E-state index contributed by atoms with van der Waals surface area (Å²) in [6, 6.07) is 16.8. The van der Waals surface area contributed by atoms with Crippen molar-refractivity contribution in [2.75, 3.05) is 26.7 Å². The van der Waals surface area contributed by atoms with Crippen LogP contribution in [-0.4, -0.2) is 64.4 Å². The molecule has 6 nitrogen and oxygen atoms in total. The number of phenols is 1. The van der Waals surface area contributed by atoms with Crippen LogP contribution in [0.1, 0.15) is 36.8 Å². The van der Waals surface area contributed by atoms with E-state index >= 15 is 0 Å². The number of aliphatic hydroxyl groups is 1. The molecule has 1 heterocycles. The highest BCUT2D eigenvalue weighted by Gasteiger charge is 2.58. The first kappa shape index (κ1) is 23.3. The van der Waals surface area contributed by atoms with Crippen molar-refractivity contribution in [1.82, 2.24) is 9.80 Å². The fraction of sp³-hybridized carbons (Fsp3) is 0.444. The van der Waals surface area contributed by atoms with Gasteiger partial charge in [-0.05, 0) is 55.5 Å². The molecule has 176 valence electrons. The van der Waals surface area contributed by atoms with Crippen LogP contribution < -0.4 is 0 Å². The molecular weight excluding hydrogens is 416 g/mol. The summed E-state index contributed by atoms with van der Waals surface area (Å²) in [5.74, 6) is 0.190. The number of nitrogens with zero attached hydrogens (tertiary/aromatic N) is 2. The number of hydrogen-bond donors (Lipinski definition) is 2. The van der Waals surface area contributed by atoms with Crippen molar-refractivity contribution in [1.29, 1.82) is 0 Å². The number of piperidine rings is 1. The lowest BCUT2D eigenvalue weighted by Crippen LogP contribution is -2.67. The number of carbonyl (C=O) groups is 1. The predicted octanol–water partition coefficient (Wildman–Crippen LogP) is 4.07. The molecule has 1 aliphatic heterocycles. The van der Waals surface area contributed by atoms with Gasteiger partial charge in [0.1, 0.15) is 12.4 Å². The van der Waals surface area contributed by atoms with Crippen LogP contribution in [0, 0.1) is 0 Å². The Balaban J connectivity index is 1.56. The molecule has 0 radical (unpaired) electrons. The van der Waals surface area contributed by atoms with Crippen LogP contribution in [0.4, 0.5) is 4.79 Å². The third-order valence-corrected chi connectivity index (χ3v) is 7.53. The zero-order valence-corrected chi connectivity index (χ0v) is 19.3. The molecule has 1 amide bonds. The molecule has 0 aromatic heterocycles. The second-order valence-corrected chi connectivity index (χ2v) is 9.49. The molecule has 2 fully saturated rings. The Morgan fingerprint density at radius 1 is 1.24 bits per heavy atom. The molecular formula is C27H34N2O4. The van der Waals surface area contributed by atoms with Crippen LogP contribution in [-0.2, 0) is 16.8 Å². The molecule has 2 aromatic rings. The van der Waals surface area contributed by atoms with Gasteiger partial charge in [0.2, 0.25) is 0 Å². The molecule has 2 N–H and O–H groups in total. The van der Waals surface area contributed by atoms with Gasteiger partial charge in [0, 0.05) is 31.6 Å². The normalized spacial score (nSPS) is 27.4. The summed E-state index contributed by atoms with van der Waals surface area (Å²) in [7, 11) is 1.78. The highest BCUT2D eigenvalue weighted by atomic mass is 16.6. The smallest absolute Gasteiger partial charge is 0.410 e. The predicted molar refractivity (Wildman–Crippen MR) is 128 cm³/mol. The first-order chi connectivity index (χ1) is 15.9. The van der Waals surface area contributed by atoms with E-state index in [4.69, 9.17) is 4.74 Å². The number of ether oxygens (including phenoxy) is 1. The average molecular weight is 451 g/mol. The topological polar surface area (TPSA) is 73.2 Å². The Bertz CT molecular complexity index is 981. The van der Waals surface area contributed by atoms with E-state index in [0.29, 0.717) is 25.8 Å². The summed E-state index contributed by atoms with van der Waals surface area (Å²) in [6.45, 7) is 6.17. The quantitative estimate of drug-likeness (QED) is 0.649. The van der Waals surface area contributed by atoms with E-state index in [-0.39, 0.29) is 24.5 Å².